The molecule has 1 fully saturated rings. The summed E-state index contributed by atoms with van der Waals surface area (Å²) in [5.41, 5.74) is 3.53. The number of amides is 1. The van der Waals surface area contributed by atoms with Gasteiger partial charge in [-0.2, -0.15) is 0 Å². The van der Waals surface area contributed by atoms with Crippen molar-refractivity contribution in [1.29, 1.82) is 0 Å². The number of hydrogen-bond donors (Lipinski definition) is 0. The van der Waals surface area contributed by atoms with Crippen molar-refractivity contribution in [2.24, 2.45) is 0 Å². The first-order chi connectivity index (χ1) is 13.3. The summed E-state index contributed by atoms with van der Waals surface area (Å²) in [6.45, 7) is 3.94. The minimum absolute atomic E-state index is 0.00247. The van der Waals surface area contributed by atoms with Crippen molar-refractivity contribution in [2.45, 2.75) is 13.8 Å². The fourth-order valence-corrected chi connectivity index (χ4v) is 4.25. The second kappa shape index (κ2) is 8.26. The normalized spacial score (nSPS) is 16.2. The second-order valence-electron chi connectivity index (χ2n) is 6.11. The SMILES string of the molecule is Cc1cccc(N2C(=O)/C(=C\C(Cl)=C/c3ccc([N+](=O)[O-])cc3)SC2=S)c1C. The maximum atomic E-state index is 12.9. The summed E-state index contributed by atoms with van der Waals surface area (Å²) in [6.07, 6.45) is 3.20. The van der Waals surface area contributed by atoms with Crippen LogP contribution in [-0.2, 0) is 4.79 Å². The molecule has 2 aromatic carbocycles. The molecule has 1 aliphatic rings. The molecule has 3 rings (SSSR count). The zero-order chi connectivity index (χ0) is 20.4. The summed E-state index contributed by atoms with van der Waals surface area (Å²) in [4.78, 5) is 25.1. The number of aryl methyl sites for hydroxylation is 1. The van der Waals surface area contributed by atoms with E-state index in [0.717, 1.165) is 16.8 Å². The van der Waals surface area contributed by atoms with Gasteiger partial charge in [0.1, 0.15) is 0 Å². The Morgan fingerprint density at radius 2 is 1.89 bits per heavy atom. The molecule has 0 bridgehead atoms. The summed E-state index contributed by atoms with van der Waals surface area (Å²) >= 11 is 12.9. The predicted octanol–water partition coefficient (Wildman–Crippen LogP) is 5.74. The third-order valence-electron chi connectivity index (χ3n) is 4.29. The van der Waals surface area contributed by atoms with Crippen LogP contribution in [0.4, 0.5) is 11.4 Å². The van der Waals surface area contributed by atoms with Crippen molar-refractivity contribution in [1.82, 2.24) is 0 Å². The van der Waals surface area contributed by atoms with E-state index in [-0.39, 0.29) is 11.6 Å². The molecule has 1 aliphatic heterocycles. The van der Waals surface area contributed by atoms with Crippen LogP contribution in [0.15, 0.2) is 58.5 Å². The number of nitro groups is 1. The van der Waals surface area contributed by atoms with Crippen LogP contribution in [-0.4, -0.2) is 15.2 Å². The number of anilines is 1. The lowest BCUT2D eigenvalue weighted by Crippen LogP contribution is -2.28. The Morgan fingerprint density at radius 3 is 2.54 bits per heavy atom. The monoisotopic (exact) mass is 430 g/mol. The molecule has 1 heterocycles. The van der Waals surface area contributed by atoms with Crippen molar-refractivity contribution >= 4 is 63.3 Å². The highest BCUT2D eigenvalue weighted by atomic mass is 35.5. The van der Waals surface area contributed by atoms with Gasteiger partial charge in [0.2, 0.25) is 0 Å². The van der Waals surface area contributed by atoms with Gasteiger partial charge in [0, 0.05) is 17.2 Å². The van der Waals surface area contributed by atoms with Crippen LogP contribution in [0, 0.1) is 24.0 Å². The summed E-state index contributed by atoms with van der Waals surface area (Å²) < 4.78 is 0.449. The van der Waals surface area contributed by atoms with Crippen LogP contribution in [0.2, 0.25) is 0 Å². The molecule has 0 aromatic heterocycles. The van der Waals surface area contributed by atoms with E-state index < -0.39 is 4.92 Å². The molecule has 0 saturated carbocycles. The van der Waals surface area contributed by atoms with E-state index in [0.29, 0.717) is 19.8 Å². The van der Waals surface area contributed by atoms with Crippen LogP contribution in [0.3, 0.4) is 0 Å². The van der Waals surface area contributed by atoms with E-state index in [1.54, 1.807) is 24.3 Å². The number of allylic oxidation sites excluding steroid dienone is 2. The third kappa shape index (κ3) is 4.16. The fourth-order valence-electron chi connectivity index (χ4n) is 2.67. The molecule has 0 spiro atoms. The zero-order valence-corrected chi connectivity index (χ0v) is 17.4. The minimum atomic E-state index is -0.465. The van der Waals surface area contributed by atoms with Gasteiger partial charge in [-0.15, -0.1) is 0 Å². The Labute approximate surface area is 176 Å². The highest BCUT2D eigenvalue weighted by Crippen LogP contribution is 2.37. The summed E-state index contributed by atoms with van der Waals surface area (Å²) in [6, 6.07) is 11.7. The van der Waals surface area contributed by atoms with E-state index in [1.165, 1.54) is 28.8 Å². The average Bonchev–Trinajstić information content (AvgIpc) is 2.91. The van der Waals surface area contributed by atoms with E-state index in [2.05, 4.69) is 0 Å². The number of carbonyl (C=O) groups is 1. The molecule has 1 amide bonds. The van der Waals surface area contributed by atoms with Crippen molar-refractivity contribution in [2.75, 3.05) is 4.90 Å². The molecule has 0 atom stereocenters. The lowest BCUT2D eigenvalue weighted by atomic mass is 10.1. The van der Waals surface area contributed by atoms with Gasteiger partial charge in [0.25, 0.3) is 11.6 Å². The summed E-state index contributed by atoms with van der Waals surface area (Å²) in [7, 11) is 0. The van der Waals surface area contributed by atoms with Crippen molar-refractivity contribution in [3.05, 3.63) is 85.3 Å². The Bertz CT molecular complexity index is 1050. The number of thiocarbonyl (C=S) groups is 1. The number of thioether (sulfide) groups is 1. The van der Waals surface area contributed by atoms with E-state index >= 15 is 0 Å². The number of hydrogen-bond acceptors (Lipinski definition) is 5. The van der Waals surface area contributed by atoms with E-state index in [1.807, 2.05) is 32.0 Å². The number of benzene rings is 2. The lowest BCUT2D eigenvalue weighted by molar-refractivity contribution is -0.384. The summed E-state index contributed by atoms with van der Waals surface area (Å²) in [5.74, 6) is -0.223. The number of nitro benzene ring substituents is 1. The fraction of sp³-hybridized carbons (Fsp3) is 0.100. The third-order valence-corrected chi connectivity index (χ3v) is 5.81. The molecule has 8 heteroatoms. The lowest BCUT2D eigenvalue weighted by Gasteiger charge is -2.18. The van der Waals surface area contributed by atoms with E-state index in [9.17, 15) is 14.9 Å². The molecular weight excluding hydrogens is 416 g/mol. The average molecular weight is 431 g/mol. The van der Waals surface area contributed by atoms with E-state index in [4.69, 9.17) is 23.8 Å². The zero-order valence-electron chi connectivity index (χ0n) is 15.0. The van der Waals surface area contributed by atoms with Gasteiger partial charge >= 0.3 is 0 Å². The van der Waals surface area contributed by atoms with Crippen LogP contribution >= 0.6 is 35.6 Å². The number of non-ortho nitro benzene ring substituents is 1. The van der Waals surface area contributed by atoms with Gasteiger partial charge in [-0.05, 0) is 60.9 Å². The number of nitrogens with zero attached hydrogens (tertiary/aromatic N) is 2. The van der Waals surface area contributed by atoms with Gasteiger partial charge in [-0.25, -0.2) is 0 Å². The second-order valence-corrected chi connectivity index (χ2v) is 8.23. The maximum Gasteiger partial charge on any atom is 0.270 e. The first-order valence-electron chi connectivity index (χ1n) is 8.24. The minimum Gasteiger partial charge on any atom is -0.268 e. The van der Waals surface area contributed by atoms with Gasteiger partial charge in [-0.1, -0.05) is 47.7 Å². The maximum absolute atomic E-state index is 12.9. The molecule has 0 aliphatic carbocycles. The standard InChI is InChI=1S/C20H15ClN2O3S2/c1-12-4-3-5-17(13(12)2)22-19(24)18(28-20(22)27)11-15(21)10-14-6-8-16(9-7-14)23(25)26/h3-11H,1-2H3/b15-10+,18-11+. The number of rotatable bonds is 4. The predicted molar refractivity (Wildman–Crippen MR) is 119 cm³/mol. The van der Waals surface area contributed by atoms with Gasteiger partial charge in [0.15, 0.2) is 4.32 Å². The molecule has 0 radical (unpaired) electrons. The topological polar surface area (TPSA) is 63.5 Å². The molecule has 0 unspecified atom stereocenters. The highest BCUT2D eigenvalue weighted by Gasteiger charge is 2.34. The Hall–Kier alpha value is -2.48. The Morgan fingerprint density at radius 1 is 1.21 bits per heavy atom. The number of halogens is 1. The molecular formula is C20H15ClN2O3S2. The first kappa shape index (κ1) is 20.3. The van der Waals surface area contributed by atoms with Crippen LogP contribution in [0.1, 0.15) is 16.7 Å². The van der Waals surface area contributed by atoms with Crippen molar-refractivity contribution in [3.8, 4) is 0 Å². The van der Waals surface area contributed by atoms with Crippen LogP contribution in [0.5, 0.6) is 0 Å². The van der Waals surface area contributed by atoms with Crippen LogP contribution < -0.4 is 4.90 Å². The van der Waals surface area contributed by atoms with Gasteiger partial charge < -0.3 is 0 Å². The largest absolute Gasteiger partial charge is 0.270 e. The molecule has 2 aromatic rings. The van der Waals surface area contributed by atoms with Crippen molar-refractivity contribution < 1.29 is 9.72 Å². The number of carbonyl (C=O) groups excluding carboxylic acids is 1. The van der Waals surface area contributed by atoms with Crippen molar-refractivity contribution in [3.63, 3.8) is 0 Å². The van der Waals surface area contributed by atoms with Gasteiger partial charge in [0.05, 0.1) is 15.5 Å². The van der Waals surface area contributed by atoms with Gasteiger partial charge in [-0.3, -0.25) is 19.8 Å². The molecule has 142 valence electrons. The molecule has 28 heavy (non-hydrogen) atoms. The quantitative estimate of drug-likeness (QED) is 0.268. The first-order valence-corrected chi connectivity index (χ1v) is 9.84. The Balaban J connectivity index is 1.86. The molecule has 5 nitrogen and oxygen atoms in total. The molecule has 1 saturated heterocycles. The molecule has 0 N–H and O–H groups in total. The van der Waals surface area contributed by atoms with Crippen LogP contribution in [0.25, 0.3) is 6.08 Å². The highest BCUT2D eigenvalue weighted by molar-refractivity contribution is 8.27. The smallest absolute Gasteiger partial charge is 0.268 e. The summed E-state index contributed by atoms with van der Waals surface area (Å²) in [5, 5.41) is 11.1. The Kier molecular flexibility index (Phi) is 5.98.